The van der Waals surface area contributed by atoms with Crippen LogP contribution in [0.4, 0.5) is 5.69 Å². The van der Waals surface area contributed by atoms with Gasteiger partial charge >= 0.3 is 0 Å². The smallest absolute Gasteiger partial charge is 0.237 e. The maximum Gasteiger partial charge on any atom is 0.237 e. The number of carbonyl (C=O) groups excluding carboxylic acids is 1. The molecule has 172 valence electrons. The molecule has 2 aliphatic heterocycles. The molecule has 7 nitrogen and oxygen atoms in total. The number of fused-ring (bicyclic) bond motifs is 1. The quantitative estimate of drug-likeness (QED) is 0.488. The SMILES string of the molecule is COc1ccc(-c2nnc(SCC(=O)N3CCCc4ccccc43)n2C[C@H]2CCCO2)cc1. The van der Waals surface area contributed by atoms with E-state index in [0.717, 1.165) is 66.8 Å². The van der Waals surface area contributed by atoms with Gasteiger partial charge in [0.2, 0.25) is 5.91 Å². The van der Waals surface area contributed by atoms with Gasteiger partial charge in [-0.1, -0.05) is 30.0 Å². The van der Waals surface area contributed by atoms with Crippen LogP contribution in [0.1, 0.15) is 24.8 Å². The molecule has 3 aromatic rings. The Morgan fingerprint density at radius 1 is 1.15 bits per heavy atom. The summed E-state index contributed by atoms with van der Waals surface area (Å²) < 4.78 is 13.3. The molecular weight excluding hydrogens is 436 g/mol. The van der Waals surface area contributed by atoms with E-state index in [1.54, 1.807) is 7.11 Å². The molecule has 8 heteroatoms. The topological polar surface area (TPSA) is 69.5 Å². The van der Waals surface area contributed by atoms with Crippen molar-refractivity contribution in [3.05, 3.63) is 54.1 Å². The van der Waals surface area contributed by atoms with Crippen LogP contribution in [-0.4, -0.2) is 52.8 Å². The van der Waals surface area contributed by atoms with Crippen LogP contribution in [0.15, 0.2) is 53.7 Å². The van der Waals surface area contributed by atoms with E-state index in [-0.39, 0.29) is 12.0 Å². The standard InChI is InChI=1S/C25H28N4O3S/c1-31-20-12-10-19(11-13-20)24-26-27-25(29(24)16-21-8-5-15-32-21)33-17-23(30)28-14-4-7-18-6-2-3-9-22(18)28/h2-3,6,9-13,21H,4-5,7-8,14-17H2,1H3/t21-/m1/s1. The number of benzene rings is 2. The van der Waals surface area contributed by atoms with Crippen molar-refractivity contribution in [2.75, 3.05) is 30.9 Å². The van der Waals surface area contributed by atoms with Gasteiger partial charge in [0.25, 0.3) is 0 Å². The Bertz CT molecular complexity index is 1110. The molecule has 0 unspecified atom stereocenters. The lowest BCUT2D eigenvalue weighted by molar-refractivity contribution is -0.116. The summed E-state index contributed by atoms with van der Waals surface area (Å²) in [5.74, 6) is 2.00. The van der Waals surface area contributed by atoms with Crippen LogP contribution in [-0.2, 0) is 22.5 Å². The Morgan fingerprint density at radius 3 is 2.79 bits per heavy atom. The maximum atomic E-state index is 13.1. The fourth-order valence-electron chi connectivity index (χ4n) is 4.50. The van der Waals surface area contributed by atoms with Crippen LogP contribution in [0.3, 0.4) is 0 Å². The van der Waals surface area contributed by atoms with E-state index in [2.05, 4.69) is 20.8 Å². The van der Waals surface area contributed by atoms with Gasteiger partial charge in [0.15, 0.2) is 11.0 Å². The second-order valence-electron chi connectivity index (χ2n) is 8.35. The lowest BCUT2D eigenvalue weighted by Crippen LogP contribution is -2.36. The molecule has 2 aromatic carbocycles. The van der Waals surface area contributed by atoms with Gasteiger partial charge in [0.05, 0.1) is 25.5 Å². The van der Waals surface area contributed by atoms with Gasteiger partial charge in [0.1, 0.15) is 5.75 Å². The van der Waals surface area contributed by atoms with Gasteiger partial charge in [-0.05, 0) is 61.6 Å². The van der Waals surface area contributed by atoms with Crippen molar-refractivity contribution in [2.45, 2.75) is 43.5 Å². The number of thioether (sulfide) groups is 1. The lowest BCUT2D eigenvalue weighted by atomic mass is 10.0. The van der Waals surface area contributed by atoms with Crippen LogP contribution in [0, 0.1) is 0 Å². The molecule has 0 aliphatic carbocycles. The molecule has 0 spiro atoms. The van der Waals surface area contributed by atoms with Gasteiger partial charge in [-0.15, -0.1) is 10.2 Å². The minimum Gasteiger partial charge on any atom is -0.497 e. The fraction of sp³-hybridized carbons (Fsp3) is 0.400. The molecule has 5 rings (SSSR count). The van der Waals surface area contributed by atoms with Crippen molar-refractivity contribution in [1.82, 2.24) is 14.8 Å². The number of rotatable bonds is 7. The number of aryl methyl sites for hydroxylation is 1. The summed E-state index contributed by atoms with van der Waals surface area (Å²) in [6, 6.07) is 16.0. The van der Waals surface area contributed by atoms with Crippen LogP contribution in [0.5, 0.6) is 5.75 Å². The molecule has 0 N–H and O–H groups in total. The normalized spacial score (nSPS) is 17.7. The number of para-hydroxylation sites is 1. The Kier molecular flexibility index (Phi) is 6.64. The van der Waals surface area contributed by atoms with Crippen molar-refractivity contribution in [1.29, 1.82) is 0 Å². The lowest BCUT2D eigenvalue weighted by Gasteiger charge is -2.29. The number of aromatic nitrogens is 3. The molecule has 0 saturated carbocycles. The Hall–Kier alpha value is -2.84. The molecule has 1 saturated heterocycles. The third-order valence-corrected chi connectivity index (χ3v) is 7.16. The molecule has 1 aromatic heterocycles. The average Bonchev–Trinajstić information content (AvgIpc) is 3.52. The fourth-order valence-corrected chi connectivity index (χ4v) is 5.33. The van der Waals surface area contributed by atoms with Gasteiger partial charge < -0.3 is 14.4 Å². The van der Waals surface area contributed by atoms with E-state index >= 15 is 0 Å². The van der Waals surface area contributed by atoms with Gasteiger partial charge in [0, 0.05) is 24.4 Å². The van der Waals surface area contributed by atoms with Crippen LogP contribution in [0.2, 0.25) is 0 Å². The molecule has 1 atom stereocenters. The largest absolute Gasteiger partial charge is 0.497 e. The molecule has 1 amide bonds. The second-order valence-corrected chi connectivity index (χ2v) is 9.29. The highest BCUT2D eigenvalue weighted by atomic mass is 32.2. The second kappa shape index (κ2) is 9.97. The van der Waals surface area contributed by atoms with E-state index in [1.165, 1.54) is 17.3 Å². The summed E-state index contributed by atoms with van der Waals surface area (Å²) in [4.78, 5) is 15.1. The van der Waals surface area contributed by atoms with E-state index in [4.69, 9.17) is 9.47 Å². The molecule has 1 fully saturated rings. The number of methoxy groups -OCH3 is 1. The zero-order chi connectivity index (χ0) is 22.6. The predicted octanol–water partition coefficient (Wildman–Crippen LogP) is 4.20. The summed E-state index contributed by atoms with van der Waals surface area (Å²) in [5.41, 5.74) is 3.24. The summed E-state index contributed by atoms with van der Waals surface area (Å²) in [6.45, 7) is 2.23. The molecular formula is C25H28N4O3S. The number of anilines is 1. The molecule has 0 radical (unpaired) electrons. The first-order valence-electron chi connectivity index (χ1n) is 11.4. The predicted molar refractivity (Wildman–Crippen MR) is 129 cm³/mol. The highest BCUT2D eigenvalue weighted by Crippen LogP contribution is 2.30. The van der Waals surface area contributed by atoms with Crippen molar-refractivity contribution in [3.63, 3.8) is 0 Å². The zero-order valence-electron chi connectivity index (χ0n) is 18.8. The van der Waals surface area contributed by atoms with E-state index < -0.39 is 0 Å². The Morgan fingerprint density at radius 2 is 2.00 bits per heavy atom. The van der Waals surface area contributed by atoms with E-state index in [9.17, 15) is 4.79 Å². The first-order chi connectivity index (χ1) is 16.2. The highest BCUT2D eigenvalue weighted by molar-refractivity contribution is 7.99. The molecule has 0 bridgehead atoms. The number of hydrogen-bond acceptors (Lipinski definition) is 6. The van der Waals surface area contributed by atoms with Gasteiger partial charge in [-0.3, -0.25) is 9.36 Å². The third kappa shape index (κ3) is 4.77. The average molecular weight is 465 g/mol. The highest BCUT2D eigenvalue weighted by Gasteiger charge is 2.25. The monoisotopic (exact) mass is 464 g/mol. The number of carbonyl (C=O) groups is 1. The van der Waals surface area contributed by atoms with Crippen LogP contribution < -0.4 is 9.64 Å². The maximum absolute atomic E-state index is 13.1. The van der Waals surface area contributed by atoms with Crippen molar-refractivity contribution < 1.29 is 14.3 Å². The first kappa shape index (κ1) is 22.0. The number of nitrogens with zero attached hydrogens (tertiary/aromatic N) is 4. The van der Waals surface area contributed by atoms with E-state index in [0.29, 0.717) is 12.3 Å². The minimum atomic E-state index is 0.102. The zero-order valence-corrected chi connectivity index (χ0v) is 19.6. The number of hydrogen-bond donors (Lipinski definition) is 0. The molecule has 33 heavy (non-hydrogen) atoms. The molecule has 3 heterocycles. The van der Waals surface area contributed by atoms with Gasteiger partial charge in [-0.2, -0.15) is 0 Å². The summed E-state index contributed by atoms with van der Waals surface area (Å²) in [6.07, 6.45) is 4.24. The van der Waals surface area contributed by atoms with Crippen LogP contribution >= 0.6 is 11.8 Å². The van der Waals surface area contributed by atoms with Crippen molar-refractivity contribution in [3.8, 4) is 17.1 Å². The van der Waals surface area contributed by atoms with Gasteiger partial charge in [-0.25, -0.2) is 0 Å². The summed E-state index contributed by atoms with van der Waals surface area (Å²) >= 11 is 1.45. The number of ether oxygens (including phenoxy) is 2. The summed E-state index contributed by atoms with van der Waals surface area (Å²) in [7, 11) is 1.65. The third-order valence-electron chi connectivity index (χ3n) is 6.21. The first-order valence-corrected chi connectivity index (χ1v) is 12.4. The van der Waals surface area contributed by atoms with Crippen molar-refractivity contribution >= 4 is 23.4 Å². The Labute approximate surface area is 198 Å². The van der Waals surface area contributed by atoms with E-state index in [1.807, 2.05) is 47.4 Å². The van der Waals surface area contributed by atoms with Crippen LogP contribution in [0.25, 0.3) is 11.4 Å². The molecule has 2 aliphatic rings. The number of amides is 1. The Balaban J connectivity index is 1.36. The minimum absolute atomic E-state index is 0.102. The van der Waals surface area contributed by atoms with Crippen molar-refractivity contribution in [2.24, 2.45) is 0 Å². The summed E-state index contributed by atoms with van der Waals surface area (Å²) in [5, 5.41) is 9.68.